The van der Waals surface area contributed by atoms with Gasteiger partial charge in [-0.2, -0.15) is 0 Å². The zero-order chi connectivity index (χ0) is 33.6. The van der Waals surface area contributed by atoms with E-state index in [1.54, 1.807) is 6.07 Å². The minimum Gasteiger partial charge on any atom is -0.507 e. The third-order valence-electron chi connectivity index (χ3n) is 6.05. The predicted octanol–water partition coefficient (Wildman–Crippen LogP) is 14.2. The Morgan fingerprint density at radius 2 is 0.932 bits per heavy atom. The molecule has 0 atom stereocenters. The molecule has 3 aromatic rings. The summed E-state index contributed by atoms with van der Waals surface area (Å²) in [7, 11) is 0. The fourth-order valence-electron chi connectivity index (χ4n) is 3.81. The minimum absolute atomic E-state index is 0.303. The fourth-order valence-corrected chi connectivity index (χ4v) is 8.60. The molecule has 0 aliphatic carbocycles. The first kappa shape index (κ1) is 43.1. The first-order valence-corrected chi connectivity index (χ1v) is 20.8. The Labute approximate surface area is 336 Å². The average Bonchev–Trinajstić information content (AvgIpc) is 2.92. The lowest BCUT2D eigenvalue weighted by Gasteiger charge is -2.18. The fraction of sp³-hybridized carbons (Fsp3) is 0.455. The lowest BCUT2D eigenvalue weighted by molar-refractivity contribution is 0.242. The van der Waals surface area contributed by atoms with Crippen molar-refractivity contribution in [3.63, 3.8) is 0 Å². The normalized spacial score (nSPS) is 10.8. The summed E-state index contributed by atoms with van der Waals surface area (Å²) in [6.07, 6.45) is 2.02. The highest BCUT2D eigenvalue weighted by Crippen LogP contribution is 2.36. The van der Waals surface area contributed by atoms with Crippen molar-refractivity contribution in [1.82, 2.24) is 0 Å². The van der Waals surface area contributed by atoms with Crippen molar-refractivity contribution in [2.75, 3.05) is 23.9 Å². The Morgan fingerprint density at radius 3 is 1.25 bits per heavy atom. The molecule has 0 aromatic heterocycles. The van der Waals surface area contributed by atoms with Gasteiger partial charge in [-0.1, -0.05) is 108 Å². The number of halogens is 8. The van der Waals surface area contributed by atoms with E-state index in [1.165, 1.54) is 6.42 Å². The van der Waals surface area contributed by atoms with Gasteiger partial charge in [-0.05, 0) is 145 Å². The highest BCUT2D eigenvalue weighted by atomic mass is 127. The van der Waals surface area contributed by atoms with Crippen LogP contribution < -0.4 is 9.47 Å². The van der Waals surface area contributed by atoms with E-state index < -0.39 is 0 Å². The maximum Gasteiger partial charge on any atom is 0.136 e. The number of hydrogen-bond donors (Lipinski definition) is 1. The number of hydrogen-bond acceptors (Lipinski definition) is 3. The molecule has 3 rings (SSSR count). The summed E-state index contributed by atoms with van der Waals surface area (Å²) in [4.78, 5) is 0. The van der Waals surface area contributed by atoms with Gasteiger partial charge in [0.2, 0.25) is 0 Å². The molecule has 0 aliphatic heterocycles. The van der Waals surface area contributed by atoms with Gasteiger partial charge in [0.25, 0.3) is 0 Å². The number of phenolic OH excluding ortho intramolecular Hbond substituents is 1. The van der Waals surface area contributed by atoms with Crippen LogP contribution in [0.3, 0.4) is 0 Å². The molecule has 0 radical (unpaired) electrons. The number of phenols is 1. The van der Waals surface area contributed by atoms with E-state index in [-0.39, 0.29) is 0 Å². The van der Waals surface area contributed by atoms with Crippen LogP contribution >= 0.6 is 134 Å². The van der Waals surface area contributed by atoms with Crippen LogP contribution in [0.15, 0.2) is 36.4 Å². The second kappa shape index (κ2) is 22.7. The molecular weight excluding hydrogens is 1090 g/mol. The van der Waals surface area contributed by atoms with Crippen molar-refractivity contribution in [2.45, 2.75) is 72.1 Å². The molecule has 3 aromatic carbocycles. The Bertz CT molecular complexity index is 1260. The summed E-state index contributed by atoms with van der Waals surface area (Å²) in [6, 6.07) is 11.4. The van der Waals surface area contributed by atoms with Crippen LogP contribution in [0.1, 0.15) is 88.8 Å². The van der Waals surface area contributed by atoms with Crippen molar-refractivity contribution in [2.24, 2.45) is 0 Å². The molecule has 0 spiro atoms. The molecule has 0 bridgehead atoms. The molecule has 246 valence electrons. The van der Waals surface area contributed by atoms with E-state index in [0.717, 1.165) is 66.0 Å². The molecule has 0 fully saturated rings. The Morgan fingerprint density at radius 1 is 0.591 bits per heavy atom. The van der Waals surface area contributed by atoms with Crippen LogP contribution in [0.5, 0.6) is 17.2 Å². The van der Waals surface area contributed by atoms with Crippen molar-refractivity contribution < 1.29 is 14.6 Å². The van der Waals surface area contributed by atoms with Crippen molar-refractivity contribution in [1.29, 1.82) is 0 Å². The van der Waals surface area contributed by atoms with Gasteiger partial charge in [-0.3, -0.25) is 0 Å². The Kier molecular flexibility index (Phi) is 22.2. The summed E-state index contributed by atoms with van der Waals surface area (Å²) in [6.45, 7) is 13.8. The molecule has 0 saturated carbocycles. The van der Waals surface area contributed by atoms with Gasteiger partial charge in [-0.15, -0.1) is 0 Å². The van der Waals surface area contributed by atoms with Gasteiger partial charge >= 0.3 is 0 Å². The summed E-state index contributed by atoms with van der Waals surface area (Å²) in [5.41, 5.74) is 3.19. The average molecular weight is 1130 g/mol. The summed E-state index contributed by atoms with van der Waals surface area (Å²) < 4.78 is 15.1. The molecule has 0 saturated heterocycles. The zero-order valence-electron chi connectivity index (χ0n) is 25.7. The molecule has 44 heavy (non-hydrogen) atoms. The van der Waals surface area contributed by atoms with E-state index in [9.17, 15) is 5.11 Å². The monoisotopic (exact) mass is 1130 g/mol. The summed E-state index contributed by atoms with van der Waals surface area (Å²) in [5, 5.41) is 14.0. The Balaban J connectivity index is 0.000000467. The molecule has 0 heterocycles. The highest BCUT2D eigenvalue weighted by molar-refractivity contribution is 14.1. The SMILES string of the molecule is BrCCCBr.CC(C)c1cc(Cl)cc(I)c1O.CC(C)c1cc(Cl)cc(I)c1OCCCOc1c(I)cc(Cl)cc1C(C)C. The number of rotatable bonds is 11. The van der Waals surface area contributed by atoms with Crippen LogP contribution in [0.2, 0.25) is 15.1 Å². The third kappa shape index (κ3) is 15.1. The summed E-state index contributed by atoms with van der Waals surface area (Å²) >= 11 is 31.4. The van der Waals surface area contributed by atoms with Gasteiger partial charge in [0.05, 0.1) is 23.9 Å². The molecule has 3 nitrogen and oxygen atoms in total. The standard InChI is InChI=1S/C21H24Cl2I2O2.C9H10ClIO.C3H6Br2/c1-12(2)16-8-14(22)10-18(24)20(16)26-6-5-7-27-21-17(13(3)4)9-15(23)11-19(21)25;1-5(2)7-3-6(10)4-8(11)9(7)12;4-2-1-3-5/h8-13H,5-7H2,1-4H3;3-5,12H,1-2H3;1-3H2. The van der Waals surface area contributed by atoms with Gasteiger partial charge in [0, 0.05) is 32.1 Å². The van der Waals surface area contributed by atoms with Gasteiger partial charge in [0.15, 0.2) is 0 Å². The molecule has 1 N–H and O–H groups in total. The first-order valence-electron chi connectivity index (χ1n) is 14.2. The number of alkyl halides is 2. The number of aromatic hydroxyl groups is 1. The lowest BCUT2D eigenvalue weighted by atomic mass is 10.0. The van der Waals surface area contributed by atoms with E-state index in [4.69, 9.17) is 44.3 Å². The molecule has 0 unspecified atom stereocenters. The van der Waals surface area contributed by atoms with E-state index in [2.05, 4.69) is 127 Å². The number of ether oxygens (including phenoxy) is 2. The van der Waals surface area contributed by atoms with Crippen molar-refractivity contribution in [3.05, 3.63) is 78.9 Å². The van der Waals surface area contributed by atoms with Crippen LogP contribution in [0, 0.1) is 10.7 Å². The van der Waals surface area contributed by atoms with Crippen molar-refractivity contribution >= 4 is 134 Å². The van der Waals surface area contributed by atoms with Gasteiger partial charge in [-0.25, -0.2) is 0 Å². The predicted molar refractivity (Wildman–Crippen MR) is 224 cm³/mol. The van der Waals surface area contributed by atoms with E-state index >= 15 is 0 Å². The summed E-state index contributed by atoms with van der Waals surface area (Å²) in [5.74, 6) is 3.23. The topological polar surface area (TPSA) is 38.7 Å². The van der Waals surface area contributed by atoms with E-state index in [0.29, 0.717) is 41.7 Å². The van der Waals surface area contributed by atoms with Gasteiger partial charge in [0.1, 0.15) is 17.2 Å². The largest absolute Gasteiger partial charge is 0.507 e. The molecule has 0 aliphatic rings. The van der Waals surface area contributed by atoms with Crippen LogP contribution in [0.4, 0.5) is 0 Å². The second-order valence-electron chi connectivity index (χ2n) is 10.7. The number of benzene rings is 3. The van der Waals surface area contributed by atoms with Crippen LogP contribution in [-0.4, -0.2) is 29.0 Å². The first-order chi connectivity index (χ1) is 20.6. The second-order valence-corrected chi connectivity index (χ2v) is 17.1. The molecule has 0 amide bonds. The zero-order valence-corrected chi connectivity index (χ0v) is 37.6. The molecule has 11 heteroatoms. The maximum atomic E-state index is 9.63. The third-order valence-corrected chi connectivity index (χ3v) is 10.2. The van der Waals surface area contributed by atoms with Crippen LogP contribution in [0.25, 0.3) is 0 Å². The molecular formula is C33H40Br2Cl3I3O3. The van der Waals surface area contributed by atoms with Gasteiger partial charge < -0.3 is 14.6 Å². The smallest absolute Gasteiger partial charge is 0.136 e. The Hall–Kier alpha value is 1.08. The lowest BCUT2D eigenvalue weighted by Crippen LogP contribution is -2.09. The van der Waals surface area contributed by atoms with Crippen LogP contribution in [-0.2, 0) is 0 Å². The van der Waals surface area contributed by atoms with E-state index in [1.807, 2.05) is 44.2 Å². The highest BCUT2D eigenvalue weighted by Gasteiger charge is 2.15. The minimum atomic E-state index is 0.303. The van der Waals surface area contributed by atoms with Crippen molar-refractivity contribution in [3.8, 4) is 17.2 Å². The quantitative estimate of drug-likeness (QED) is 0.118. The maximum absolute atomic E-state index is 9.63.